The highest BCUT2D eigenvalue weighted by Gasteiger charge is 1.93. The third-order valence-electron chi connectivity index (χ3n) is 0.806. The number of nitrogens with two attached hydrogens (primary N) is 1. The molecule has 0 bridgehead atoms. The number of nitrogens with one attached hydrogen (secondary N) is 3. The number of thiol groups is 1. The van der Waals surface area contributed by atoms with Crippen LogP contribution in [-0.4, -0.2) is 36.1 Å². The molecule has 10 heteroatoms. The van der Waals surface area contributed by atoms with Gasteiger partial charge in [0, 0.05) is 27.7 Å². The third-order valence-corrected chi connectivity index (χ3v) is 0.806. The molecule has 0 radical (unpaired) electrons. The summed E-state index contributed by atoms with van der Waals surface area (Å²) in [6.45, 7) is 19.6. The number of hydrogen-bond donors (Lipinski definition) is 5. The van der Waals surface area contributed by atoms with E-state index < -0.39 is 11.9 Å². The van der Waals surface area contributed by atoms with Crippen LogP contribution in [0.15, 0.2) is 25.3 Å². The lowest BCUT2D eigenvalue weighted by Gasteiger charge is -1.88. The first-order valence-electron chi connectivity index (χ1n) is 8.39. The number of imide groups is 1. The largest absolute Gasteiger partial charge is 0.394 e. The van der Waals surface area contributed by atoms with Crippen molar-refractivity contribution in [3.8, 4) is 12.8 Å². The average molecular weight is 547 g/mol. The van der Waals surface area contributed by atoms with E-state index in [-0.39, 0.29) is 56.4 Å². The Morgan fingerprint density at radius 1 is 0.778 bits per heavy atom. The summed E-state index contributed by atoms with van der Waals surface area (Å²) in [4.78, 5) is 39.5. The van der Waals surface area contributed by atoms with Crippen LogP contribution in [0.3, 0.4) is 0 Å². The molecule has 36 heavy (non-hydrogen) atoms. The van der Waals surface area contributed by atoms with E-state index in [1.54, 1.807) is 18.4 Å². The van der Waals surface area contributed by atoms with E-state index >= 15 is 0 Å². The van der Waals surface area contributed by atoms with Gasteiger partial charge in [-0.25, -0.2) is 11.1 Å². The summed E-state index contributed by atoms with van der Waals surface area (Å²) in [6, 6.07) is 0.333. The van der Waals surface area contributed by atoms with Gasteiger partial charge in [-0.3, -0.25) is 24.5 Å². The number of terminal acetylenes is 1. The Bertz CT molecular complexity index is 371. The zero-order valence-electron chi connectivity index (χ0n) is 19.9. The molecular formula is C26H66N4O5S. The number of allylic oxidation sites excluding steroid dienone is 2. The first-order chi connectivity index (χ1) is 13.9. The Morgan fingerprint density at radius 3 is 0.917 bits per heavy atom. The van der Waals surface area contributed by atoms with Crippen molar-refractivity contribution < 1.29 is 23.9 Å². The summed E-state index contributed by atoms with van der Waals surface area (Å²) in [5.74, 6) is -1.75. The minimum Gasteiger partial charge on any atom is -0.394 e. The molecule has 0 heterocycles. The molecule has 0 aromatic rings. The summed E-state index contributed by atoms with van der Waals surface area (Å²) >= 11 is 3.53. The molecule has 226 valence electrons. The minimum absolute atomic E-state index is 0. The maximum absolute atomic E-state index is 9.92. The van der Waals surface area contributed by atoms with Crippen LogP contribution in [0.5, 0.6) is 0 Å². The summed E-state index contributed by atoms with van der Waals surface area (Å²) in [7, 11) is 0. The van der Waals surface area contributed by atoms with Crippen molar-refractivity contribution in [3.05, 3.63) is 25.3 Å². The van der Waals surface area contributed by atoms with Gasteiger partial charge in [-0.1, -0.05) is 97.6 Å². The van der Waals surface area contributed by atoms with Crippen LogP contribution in [0.1, 0.15) is 99.9 Å². The molecule has 0 aromatic heterocycles. The van der Waals surface area contributed by atoms with Gasteiger partial charge in [0.05, 0.1) is 0 Å². The molecule has 9 nitrogen and oxygen atoms in total. The lowest BCUT2D eigenvalue weighted by Crippen LogP contribution is -2.24. The number of hydrogen-bond acceptors (Lipinski definition) is 9. The van der Waals surface area contributed by atoms with Gasteiger partial charge in [-0.2, -0.15) is 12.6 Å². The number of ether oxygens (including phenoxy) is 1. The van der Waals surface area contributed by atoms with Crippen molar-refractivity contribution in [1.82, 2.24) is 5.32 Å². The molecule has 2 amide bonds. The highest BCUT2D eigenvalue weighted by molar-refractivity contribution is 7.79. The molecular weight excluding hydrogens is 480 g/mol. The standard InChI is InChI=1S/C4H7NO2.C4H6O3.C4H6.C3H9N.C2H6.C2H2.CH4S.6CH4.H2N2/c1-3(6)5-4(2)7;1-3(5)7-4(2)6;1-3-4-2;1-3(2)4;3*1-2;;;;;;;1-2/h1-2H3,(H,5,6,7);1-2H3;3-4H,1-2H2;3H,4H2,1-2H3;1-2H3;1-2H;2H,1H3;6*1H4;1-2H. The monoisotopic (exact) mass is 546 g/mol. The number of amides is 2. The Balaban J connectivity index is -0.0000000132. The highest BCUT2D eigenvalue weighted by atomic mass is 32.1. The van der Waals surface area contributed by atoms with Crippen LogP contribution in [0.25, 0.3) is 0 Å². The van der Waals surface area contributed by atoms with Gasteiger partial charge in [0.2, 0.25) is 11.8 Å². The normalized spacial score (nSPS) is 5.06. The van der Waals surface area contributed by atoms with Gasteiger partial charge in [0.1, 0.15) is 0 Å². The second-order valence-corrected chi connectivity index (χ2v) is 4.04. The summed E-state index contributed by atoms with van der Waals surface area (Å²) in [5, 5.41) is 2.03. The van der Waals surface area contributed by atoms with Gasteiger partial charge < -0.3 is 10.5 Å². The van der Waals surface area contributed by atoms with Crippen molar-refractivity contribution >= 4 is 36.4 Å². The summed E-state index contributed by atoms with van der Waals surface area (Å²) in [6.07, 6.45) is 13.0. The van der Waals surface area contributed by atoms with E-state index in [2.05, 4.69) is 43.4 Å². The maximum atomic E-state index is 9.92. The molecule has 5 N–H and O–H groups in total. The molecule has 0 aliphatic heterocycles. The van der Waals surface area contributed by atoms with E-state index in [1.165, 1.54) is 27.7 Å². The van der Waals surface area contributed by atoms with Gasteiger partial charge in [-0.05, 0) is 12.3 Å². The SMILES string of the molecule is C.C.C.C.C.C.C#C.C=CC=C.CC.CC(=O)NC(C)=O.CC(=O)OC(C)=O.CC(C)N.CS.N=N. The van der Waals surface area contributed by atoms with E-state index in [4.69, 9.17) is 16.8 Å². The lowest BCUT2D eigenvalue weighted by atomic mass is 10.5. The molecule has 0 spiro atoms. The van der Waals surface area contributed by atoms with Crippen LogP contribution in [0.2, 0.25) is 0 Å². The van der Waals surface area contributed by atoms with Gasteiger partial charge >= 0.3 is 11.9 Å². The predicted octanol–water partition coefficient (Wildman–Crippen LogP) is 7.71. The number of esters is 2. The second-order valence-electron chi connectivity index (χ2n) is 4.04. The number of rotatable bonds is 1. The molecule has 0 saturated carbocycles. The Labute approximate surface area is 232 Å². The maximum Gasteiger partial charge on any atom is 0.310 e. The van der Waals surface area contributed by atoms with Crippen molar-refractivity contribution in [2.75, 3.05) is 6.26 Å². The Morgan fingerprint density at radius 2 is 0.917 bits per heavy atom. The van der Waals surface area contributed by atoms with E-state index in [1.807, 2.05) is 33.0 Å². The van der Waals surface area contributed by atoms with E-state index in [9.17, 15) is 19.2 Å². The molecule has 0 aliphatic rings. The molecule has 0 atom stereocenters. The molecule has 0 fully saturated rings. The van der Waals surface area contributed by atoms with Crippen LogP contribution in [0, 0.1) is 23.9 Å². The number of carbonyl (C=O) groups excluding carboxylic acids is 4. The van der Waals surface area contributed by atoms with Gasteiger partial charge in [0.15, 0.2) is 0 Å². The summed E-state index contributed by atoms with van der Waals surface area (Å²) in [5.41, 5.74) is 15.1. The fourth-order valence-corrected chi connectivity index (χ4v) is 0.450. The summed E-state index contributed by atoms with van der Waals surface area (Å²) < 4.78 is 3.97. The number of carbonyl (C=O) groups is 4. The fourth-order valence-electron chi connectivity index (χ4n) is 0.450. The molecule has 0 saturated heterocycles. The van der Waals surface area contributed by atoms with Gasteiger partial charge in [0.25, 0.3) is 0 Å². The van der Waals surface area contributed by atoms with Crippen molar-refractivity contribution in [3.63, 3.8) is 0 Å². The smallest absolute Gasteiger partial charge is 0.310 e. The molecule has 0 unspecified atom stereocenters. The third kappa shape index (κ3) is 735. The fraction of sp³-hybridized carbons (Fsp3) is 0.615. The Hall–Kier alpha value is -2.77. The van der Waals surface area contributed by atoms with Crippen LogP contribution < -0.4 is 11.1 Å². The lowest BCUT2D eigenvalue weighted by molar-refractivity contribution is -0.156. The van der Waals surface area contributed by atoms with Crippen LogP contribution >= 0.6 is 12.6 Å². The van der Waals surface area contributed by atoms with Crippen molar-refractivity contribution in [2.24, 2.45) is 5.73 Å². The molecule has 0 aromatic carbocycles. The Kier molecular flexibility index (Phi) is 309. The minimum atomic E-state index is -0.562. The van der Waals surface area contributed by atoms with Crippen molar-refractivity contribution in [1.29, 1.82) is 11.1 Å². The first-order valence-corrected chi connectivity index (χ1v) is 9.29. The van der Waals surface area contributed by atoms with Crippen LogP contribution in [0.4, 0.5) is 0 Å². The van der Waals surface area contributed by atoms with Crippen LogP contribution in [-0.2, 0) is 23.9 Å². The van der Waals surface area contributed by atoms with Gasteiger partial charge in [-0.15, -0.1) is 12.8 Å². The van der Waals surface area contributed by atoms with Crippen molar-refractivity contribution in [2.45, 2.75) is 106 Å². The molecule has 0 rings (SSSR count). The average Bonchev–Trinajstić information content (AvgIpc) is 2.66. The topological polar surface area (TPSA) is 163 Å². The predicted molar refractivity (Wildman–Crippen MR) is 169 cm³/mol. The zero-order chi connectivity index (χ0) is 26.7. The quantitative estimate of drug-likeness (QED) is 0.0564. The zero-order valence-corrected chi connectivity index (χ0v) is 20.8. The second kappa shape index (κ2) is 119. The van der Waals surface area contributed by atoms with E-state index in [0.29, 0.717) is 6.04 Å². The first kappa shape index (κ1) is 93.3. The molecule has 0 aliphatic carbocycles. The highest BCUT2D eigenvalue weighted by Crippen LogP contribution is 1.73. The van der Waals surface area contributed by atoms with E-state index in [0.717, 1.165) is 0 Å².